The van der Waals surface area contributed by atoms with Crippen LogP contribution in [0.2, 0.25) is 0 Å². The lowest BCUT2D eigenvalue weighted by atomic mass is 10.2. The molecular weight excluding hydrogens is 468 g/mol. The first-order valence-corrected chi connectivity index (χ1v) is 10.8. The zero-order valence-corrected chi connectivity index (χ0v) is 20.3. The number of aliphatic hydroxyl groups is 2. The number of anilines is 5. The molecule has 0 saturated carbocycles. The summed E-state index contributed by atoms with van der Waals surface area (Å²) in [5.41, 5.74) is 25.4. The van der Waals surface area contributed by atoms with Crippen LogP contribution in [0, 0.1) is 10.1 Å². The molecule has 196 valence electrons. The van der Waals surface area contributed by atoms with Crippen molar-refractivity contribution in [2.45, 2.75) is 0 Å². The maximum atomic E-state index is 10.1. The third-order valence-corrected chi connectivity index (χ3v) is 4.68. The first kappa shape index (κ1) is 29.6. The number of nitrogens with zero attached hydrogens (tertiary/aromatic N) is 2. The van der Waals surface area contributed by atoms with E-state index in [-0.39, 0.29) is 18.9 Å². The molecule has 0 fully saturated rings. The summed E-state index contributed by atoms with van der Waals surface area (Å²) in [5, 5.41) is 27.7. The summed E-state index contributed by atoms with van der Waals surface area (Å²) in [6.45, 7) is 1.18. The molecule has 0 radical (unpaired) electrons. The van der Waals surface area contributed by atoms with Crippen molar-refractivity contribution in [3.05, 3.63) is 70.8 Å². The number of non-ortho nitro benzene ring substituents is 1. The van der Waals surface area contributed by atoms with Crippen LogP contribution in [0.5, 0.6) is 11.5 Å². The Morgan fingerprint density at radius 1 is 0.778 bits per heavy atom. The molecule has 0 heterocycles. The van der Waals surface area contributed by atoms with Crippen molar-refractivity contribution in [1.29, 1.82) is 0 Å². The molecule has 3 rings (SSSR count). The molecule has 0 atom stereocenters. The number of rotatable bonds is 8. The summed E-state index contributed by atoms with van der Waals surface area (Å²) in [7, 11) is 3.08. The fourth-order valence-electron chi connectivity index (χ4n) is 2.84. The van der Waals surface area contributed by atoms with Crippen LogP contribution in [-0.4, -0.2) is 55.7 Å². The number of methoxy groups -OCH3 is 2. The van der Waals surface area contributed by atoms with Crippen molar-refractivity contribution in [2.75, 3.05) is 68.4 Å². The van der Waals surface area contributed by atoms with E-state index in [9.17, 15) is 10.1 Å². The van der Waals surface area contributed by atoms with Crippen molar-refractivity contribution >= 4 is 34.1 Å². The predicted molar refractivity (Wildman–Crippen MR) is 143 cm³/mol. The van der Waals surface area contributed by atoms with Gasteiger partial charge in [0, 0.05) is 54.4 Å². The molecule has 0 bridgehead atoms. The van der Waals surface area contributed by atoms with Crippen molar-refractivity contribution in [3.63, 3.8) is 0 Å². The molecule has 0 unspecified atom stereocenters. The van der Waals surface area contributed by atoms with Crippen molar-refractivity contribution < 1.29 is 24.6 Å². The number of hydrogen-bond acceptors (Lipinski definition) is 11. The highest BCUT2D eigenvalue weighted by Gasteiger charge is 2.06. The number of nitrogens with two attached hydrogens (primary N) is 4. The molecule has 0 amide bonds. The van der Waals surface area contributed by atoms with Crippen LogP contribution in [0.4, 0.5) is 34.1 Å². The number of nitrogen functional groups attached to an aromatic ring is 4. The number of ether oxygens (including phenoxy) is 2. The number of nitro benzene ring substituents is 1. The summed E-state index contributed by atoms with van der Waals surface area (Å²) in [4.78, 5) is 11.5. The standard InChI is InChI=1S/C10H16N2O2.C8H12N2O2.C6H6N2O2/c11-9-1-3-10(4-2-9)12(5-7-13)6-8-14;1-11-7-3-6(10)8(12-2)4-5(7)9;7-5-1-3-6(4-2-5)8(9)10/h1-4,13-14H,5-8,11H2;3-4H,9-10H2,1-2H3;1-4H,7H2. The quantitative estimate of drug-likeness (QED) is 0.149. The summed E-state index contributed by atoms with van der Waals surface area (Å²) >= 11 is 0. The lowest BCUT2D eigenvalue weighted by Crippen LogP contribution is -2.29. The van der Waals surface area contributed by atoms with Gasteiger partial charge in [-0.05, 0) is 36.4 Å². The first-order chi connectivity index (χ1) is 17.2. The smallest absolute Gasteiger partial charge is 0.269 e. The summed E-state index contributed by atoms with van der Waals surface area (Å²) in [6.07, 6.45) is 0. The normalized spacial score (nSPS) is 9.67. The molecule has 36 heavy (non-hydrogen) atoms. The number of benzene rings is 3. The molecule has 0 aliphatic carbocycles. The summed E-state index contributed by atoms with van der Waals surface area (Å²) in [5.74, 6) is 1.13. The van der Waals surface area contributed by atoms with E-state index in [0.717, 1.165) is 5.69 Å². The van der Waals surface area contributed by atoms with Gasteiger partial charge in [0.1, 0.15) is 11.5 Å². The lowest BCUT2D eigenvalue weighted by molar-refractivity contribution is -0.384. The van der Waals surface area contributed by atoms with Crippen LogP contribution in [-0.2, 0) is 0 Å². The van der Waals surface area contributed by atoms with Crippen LogP contribution in [0.25, 0.3) is 0 Å². The van der Waals surface area contributed by atoms with Gasteiger partial charge >= 0.3 is 0 Å². The number of aliphatic hydroxyl groups excluding tert-OH is 2. The molecule has 12 nitrogen and oxygen atoms in total. The highest BCUT2D eigenvalue weighted by Crippen LogP contribution is 2.32. The Morgan fingerprint density at radius 2 is 1.17 bits per heavy atom. The Balaban J connectivity index is 0.000000274. The van der Waals surface area contributed by atoms with E-state index in [1.54, 1.807) is 24.3 Å². The first-order valence-electron chi connectivity index (χ1n) is 10.8. The number of hydrogen-bond donors (Lipinski definition) is 6. The van der Waals surface area contributed by atoms with Crippen LogP contribution < -0.4 is 37.3 Å². The van der Waals surface area contributed by atoms with Crippen molar-refractivity contribution in [2.24, 2.45) is 0 Å². The molecule has 0 saturated heterocycles. The zero-order valence-electron chi connectivity index (χ0n) is 20.3. The SMILES string of the molecule is COc1cc(N)c(OC)cc1N.Nc1ccc(N(CCO)CCO)cc1.Nc1ccc([N+](=O)[O-])cc1. The molecule has 3 aromatic rings. The van der Waals surface area contributed by atoms with Crippen LogP contribution in [0.3, 0.4) is 0 Å². The minimum atomic E-state index is -0.459. The molecule has 3 aromatic carbocycles. The van der Waals surface area contributed by atoms with Crippen molar-refractivity contribution in [3.8, 4) is 11.5 Å². The van der Waals surface area contributed by atoms with E-state index < -0.39 is 4.92 Å². The average molecular weight is 503 g/mol. The van der Waals surface area contributed by atoms with Gasteiger partial charge in [-0.2, -0.15) is 0 Å². The maximum absolute atomic E-state index is 10.1. The highest BCUT2D eigenvalue weighted by molar-refractivity contribution is 5.67. The topological polar surface area (TPSA) is 209 Å². The summed E-state index contributed by atoms with van der Waals surface area (Å²) in [6, 6.07) is 16.4. The van der Waals surface area contributed by atoms with Gasteiger partial charge in [-0.15, -0.1) is 0 Å². The third-order valence-electron chi connectivity index (χ3n) is 4.68. The van der Waals surface area contributed by atoms with Gasteiger partial charge < -0.3 is 47.5 Å². The van der Waals surface area contributed by atoms with Crippen LogP contribution >= 0.6 is 0 Å². The monoisotopic (exact) mass is 502 g/mol. The third kappa shape index (κ3) is 9.83. The minimum absolute atomic E-state index is 0.0641. The van der Waals surface area contributed by atoms with E-state index in [2.05, 4.69) is 0 Å². The van der Waals surface area contributed by atoms with Crippen LogP contribution in [0.15, 0.2) is 60.7 Å². The average Bonchev–Trinajstić information content (AvgIpc) is 2.86. The second kappa shape index (κ2) is 15.5. The molecule has 12 heteroatoms. The molecule has 0 aromatic heterocycles. The van der Waals surface area contributed by atoms with E-state index in [1.807, 2.05) is 17.0 Å². The molecule has 0 aliphatic heterocycles. The molecule has 10 N–H and O–H groups in total. The highest BCUT2D eigenvalue weighted by atomic mass is 16.6. The van der Waals surface area contributed by atoms with E-state index in [4.69, 9.17) is 42.6 Å². The minimum Gasteiger partial charge on any atom is -0.495 e. The van der Waals surface area contributed by atoms with Gasteiger partial charge in [0.25, 0.3) is 5.69 Å². The van der Waals surface area contributed by atoms with Gasteiger partial charge in [-0.3, -0.25) is 10.1 Å². The van der Waals surface area contributed by atoms with E-state index >= 15 is 0 Å². The fraction of sp³-hybridized carbons (Fsp3) is 0.250. The summed E-state index contributed by atoms with van der Waals surface area (Å²) < 4.78 is 9.93. The second-order valence-electron chi connectivity index (χ2n) is 7.21. The molecular formula is C24H34N6O6. The Morgan fingerprint density at radius 3 is 1.50 bits per heavy atom. The lowest BCUT2D eigenvalue weighted by Gasteiger charge is -2.22. The zero-order chi connectivity index (χ0) is 27.1. The molecule has 0 spiro atoms. The van der Waals surface area contributed by atoms with E-state index in [1.165, 1.54) is 38.5 Å². The Hall–Kier alpha value is -4.42. The van der Waals surface area contributed by atoms with Gasteiger partial charge in [0.05, 0.1) is 43.7 Å². The Bertz CT molecular complexity index is 1030. The number of nitro groups is 1. The second-order valence-corrected chi connectivity index (χ2v) is 7.21. The Kier molecular flexibility index (Phi) is 12.7. The predicted octanol–water partition coefficient (Wildman–Crippen LogP) is 2.11. The fourth-order valence-corrected chi connectivity index (χ4v) is 2.84. The van der Waals surface area contributed by atoms with E-state index in [0.29, 0.717) is 47.3 Å². The van der Waals surface area contributed by atoms with Gasteiger partial charge in [0.15, 0.2) is 0 Å². The van der Waals surface area contributed by atoms with Gasteiger partial charge in [-0.1, -0.05) is 0 Å². The van der Waals surface area contributed by atoms with Crippen molar-refractivity contribution in [1.82, 2.24) is 0 Å². The van der Waals surface area contributed by atoms with Gasteiger partial charge in [0.2, 0.25) is 0 Å². The maximum Gasteiger partial charge on any atom is 0.269 e. The van der Waals surface area contributed by atoms with Crippen LogP contribution in [0.1, 0.15) is 0 Å². The largest absolute Gasteiger partial charge is 0.495 e. The molecule has 0 aliphatic rings. The van der Waals surface area contributed by atoms with Gasteiger partial charge in [-0.25, -0.2) is 0 Å². The Labute approximate surface area is 209 Å².